The number of aryl methyl sites for hydroxylation is 1. The third-order valence-electron chi connectivity index (χ3n) is 2.79. The molecule has 2 nitrogen and oxygen atoms in total. The van der Waals surface area contributed by atoms with Crippen molar-refractivity contribution in [3.8, 4) is 5.75 Å². The molecule has 0 bridgehead atoms. The van der Waals surface area contributed by atoms with Gasteiger partial charge < -0.3 is 10.4 Å². The lowest BCUT2D eigenvalue weighted by molar-refractivity contribution is 0.469. The molecule has 0 atom stereocenters. The molecule has 0 spiro atoms. The molecular formula is C11H15NO. The summed E-state index contributed by atoms with van der Waals surface area (Å²) >= 11 is 0. The second-order valence-corrected chi connectivity index (χ2v) is 3.72. The Hall–Kier alpha value is -1.18. The number of phenols is 1. The summed E-state index contributed by atoms with van der Waals surface area (Å²) in [7, 11) is 0. The zero-order valence-corrected chi connectivity index (χ0v) is 8.15. The standard InChI is InChI=1S/C11H15NO/c1-7-6-10(13)8(2)9-4-3-5-12-11(7)9/h6,12-13H,3-5H2,1-2H3. The molecule has 0 aromatic heterocycles. The number of hydrogen-bond donors (Lipinski definition) is 2. The fourth-order valence-electron chi connectivity index (χ4n) is 2.00. The van der Waals surface area contributed by atoms with Crippen LogP contribution in [0.5, 0.6) is 5.75 Å². The summed E-state index contributed by atoms with van der Waals surface area (Å²) < 4.78 is 0. The van der Waals surface area contributed by atoms with Crippen LogP contribution in [0.1, 0.15) is 23.1 Å². The van der Waals surface area contributed by atoms with E-state index in [1.165, 1.54) is 11.3 Å². The Morgan fingerprint density at radius 3 is 2.92 bits per heavy atom. The average molecular weight is 177 g/mol. The van der Waals surface area contributed by atoms with Crippen molar-refractivity contribution >= 4 is 5.69 Å². The van der Waals surface area contributed by atoms with E-state index in [0.29, 0.717) is 5.75 Å². The van der Waals surface area contributed by atoms with Gasteiger partial charge in [0.25, 0.3) is 0 Å². The van der Waals surface area contributed by atoms with E-state index in [9.17, 15) is 5.11 Å². The molecule has 0 fully saturated rings. The monoisotopic (exact) mass is 177 g/mol. The molecule has 1 aliphatic heterocycles. The lowest BCUT2D eigenvalue weighted by Crippen LogP contribution is -2.14. The number of anilines is 1. The van der Waals surface area contributed by atoms with Gasteiger partial charge in [-0.05, 0) is 49.4 Å². The zero-order valence-electron chi connectivity index (χ0n) is 8.15. The van der Waals surface area contributed by atoms with Crippen molar-refractivity contribution in [1.29, 1.82) is 0 Å². The van der Waals surface area contributed by atoms with Gasteiger partial charge in [0.1, 0.15) is 5.75 Å². The quantitative estimate of drug-likeness (QED) is 0.596. The molecule has 0 radical (unpaired) electrons. The van der Waals surface area contributed by atoms with Crippen LogP contribution in [0.25, 0.3) is 0 Å². The molecule has 1 aromatic rings. The minimum Gasteiger partial charge on any atom is -0.508 e. The first-order chi connectivity index (χ1) is 6.20. The molecule has 2 heteroatoms. The van der Waals surface area contributed by atoms with E-state index in [4.69, 9.17) is 0 Å². The van der Waals surface area contributed by atoms with Crippen molar-refractivity contribution in [3.63, 3.8) is 0 Å². The summed E-state index contributed by atoms with van der Waals surface area (Å²) in [6, 6.07) is 1.84. The molecular weight excluding hydrogens is 162 g/mol. The molecule has 0 unspecified atom stereocenters. The Labute approximate surface area is 78.6 Å². The fraction of sp³-hybridized carbons (Fsp3) is 0.455. The summed E-state index contributed by atoms with van der Waals surface area (Å²) in [6.45, 7) is 5.08. The Balaban J connectivity index is 2.63. The summed E-state index contributed by atoms with van der Waals surface area (Å²) in [4.78, 5) is 0. The zero-order chi connectivity index (χ0) is 9.42. The van der Waals surface area contributed by atoms with Crippen molar-refractivity contribution in [1.82, 2.24) is 0 Å². The first kappa shape index (κ1) is 8.42. The van der Waals surface area contributed by atoms with Gasteiger partial charge in [-0.3, -0.25) is 0 Å². The van der Waals surface area contributed by atoms with Crippen LogP contribution in [0.15, 0.2) is 6.07 Å². The highest BCUT2D eigenvalue weighted by Gasteiger charge is 2.15. The average Bonchev–Trinajstić information content (AvgIpc) is 2.15. The van der Waals surface area contributed by atoms with Crippen LogP contribution < -0.4 is 5.32 Å². The van der Waals surface area contributed by atoms with E-state index in [-0.39, 0.29) is 0 Å². The van der Waals surface area contributed by atoms with Crippen molar-refractivity contribution in [2.45, 2.75) is 26.7 Å². The molecule has 1 aliphatic rings. The third kappa shape index (κ3) is 1.26. The normalized spacial score (nSPS) is 14.9. The maximum atomic E-state index is 9.63. The van der Waals surface area contributed by atoms with Gasteiger partial charge in [0.2, 0.25) is 0 Å². The number of phenolic OH excluding ortho intramolecular Hbond substituents is 1. The van der Waals surface area contributed by atoms with Crippen LogP contribution in [-0.4, -0.2) is 11.7 Å². The van der Waals surface area contributed by atoms with Crippen molar-refractivity contribution < 1.29 is 5.11 Å². The smallest absolute Gasteiger partial charge is 0.119 e. The van der Waals surface area contributed by atoms with E-state index in [1.807, 2.05) is 19.9 Å². The number of benzene rings is 1. The molecule has 70 valence electrons. The molecule has 0 aliphatic carbocycles. The second kappa shape index (κ2) is 2.95. The lowest BCUT2D eigenvalue weighted by Gasteiger charge is -2.22. The van der Waals surface area contributed by atoms with Crippen molar-refractivity contribution in [2.24, 2.45) is 0 Å². The van der Waals surface area contributed by atoms with Crippen LogP contribution in [-0.2, 0) is 6.42 Å². The molecule has 0 saturated carbocycles. The molecule has 1 heterocycles. The topological polar surface area (TPSA) is 32.3 Å². The van der Waals surface area contributed by atoms with Gasteiger partial charge in [-0.1, -0.05) is 0 Å². The highest BCUT2D eigenvalue weighted by Crippen LogP contribution is 2.33. The third-order valence-corrected chi connectivity index (χ3v) is 2.79. The van der Waals surface area contributed by atoms with Crippen LogP contribution in [0.2, 0.25) is 0 Å². The van der Waals surface area contributed by atoms with E-state index < -0.39 is 0 Å². The minimum absolute atomic E-state index is 0.431. The Morgan fingerprint density at radius 1 is 1.38 bits per heavy atom. The second-order valence-electron chi connectivity index (χ2n) is 3.72. The van der Waals surface area contributed by atoms with Gasteiger partial charge in [0.05, 0.1) is 0 Å². The first-order valence-electron chi connectivity index (χ1n) is 4.76. The van der Waals surface area contributed by atoms with E-state index in [2.05, 4.69) is 5.32 Å². The molecule has 2 N–H and O–H groups in total. The van der Waals surface area contributed by atoms with Crippen molar-refractivity contribution in [3.05, 3.63) is 22.8 Å². The van der Waals surface area contributed by atoms with Crippen LogP contribution in [0, 0.1) is 13.8 Å². The van der Waals surface area contributed by atoms with Gasteiger partial charge in [-0.25, -0.2) is 0 Å². The predicted molar refractivity (Wildman–Crippen MR) is 54.4 cm³/mol. The highest BCUT2D eigenvalue weighted by atomic mass is 16.3. The van der Waals surface area contributed by atoms with Gasteiger partial charge in [-0.15, -0.1) is 0 Å². The lowest BCUT2D eigenvalue weighted by atomic mass is 9.95. The maximum absolute atomic E-state index is 9.63. The number of nitrogens with one attached hydrogen (secondary N) is 1. The number of fused-ring (bicyclic) bond motifs is 1. The summed E-state index contributed by atoms with van der Waals surface area (Å²) in [5, 5.41) is 13.0. The van der Waals surface area contributed by atoms with E-state index >= 15 is 0 Å². The Kier molecular flexibility index (Phi) is 1.91. The maximum Gasteiger partial charge on any atom is 0.119 e. The largest absolute Gasteiger partial charge is 0.508 e. The molecule has 2 rings (SSSR count). The van der Waals surface area contributed by atoms with Crippen LogP contribution in [0.3, 0.4) is 0 Å². The van der Waals surface area contributed by atoms with Crippen LogP contribution >= 0.6 is 0 Å². The van der Waals surface area contributed by atoms with Gasteiger partial charge in [-0.2, -0.15) is 0 Å². The Bertz CT molecular complexity index is 344. The molecule has 13 heavy (non-hydrogen) atoms. The molecule has 0 saturated heterocycles. The summed E-state index contributed by atoms with van der Waals surface area (Å²) in [6.07, 6.45) is 2.25. The predicted octanol–water partition coefficient (Wildman–Crippen LogP) is 2.37. The molecule has 0 amide bonds. The van der Waals surface area contributed by atoms with Gasteiger partial charge >= 0.3 is 0 Å². The SMILES string of the molecule is Cc1cc(O)c(C)c2c1NCCC2. The van der Waals surface area contributed by atoms with Gasteiger partial charge in [0, 0.05) is 12.2 Å². The van der Waals surface area contributed by atoms with E-state index in [0.717, 1.165) is 30.5 Å². The number of rotatable bonds is 0. The fourth-order valence-corrected chi connectivity index (χ4v) is 2.00. The molecule has 1 aromatic carbocycles. The number of hydrogen-bond acceptors (Lipinski definition) is 2. The Morgan fingerprint density at radius 2 is 2.15 bits per heavy atom. The minimum atomic E-state index is 0.431. The van der Waals surface area contributed by atoms with Gasteiger partial charge in [0.15, 0.2) is 0 Å². The first-order valence-corrected chi connectivity index (χ1v) is 4.76. The number of aromatic hydroxyl groups is 1. The summed E-state index contributed by atoms with van der Waals surface area (Å²) in [5.74, 6) is 0.431. The van der Waals surface area contributed by atoms with Crippen LogP contribution in [0.4, 0.5) is 5.69 Å². The van der Waals surface area contributed by atoms with Crippen molar-refractivity contribution in [2.75, 3.05) is 11.9 Å². The van der Waals surface area contributed by atoms with E-state index in [1.54, 1.807) is 0 Å². The highest BCUT2D eigenvalue weighted by molar-refractivity contribution is 5.64. The summed E-state index contributed by atoms with van der Waals surface area (Å²) in [5.41, 5.74) is 4.72.